The Morgan fingerprint density at radius 1 is 1.15 bits per heavy atom. The lowest BCUT2D eigenvalue weighted by Gasteiger charge is -2.19. The average molecular weight is 352 g/mol. The van der Waals surface area contributed by atoms with Gasteiger partial charge in [-0.05, 0) is 35.7 Å². The van der Waals surface area contributed by atoms with Crippen LogP contribution >= 0.6 is 27.3 Å². The van der Waals surface area contributed by atoms with Crippen LogP contribution in [0, 0.1) is 0 Å². The maximum absolute atomic E-state index is 3.68. The van der Waals surface area contributed by atoms with E-state index in [0.29, 0.717) is 0 Å². The monoisotopic (exact) mass is 351 g/mol. The lowest BCUT2D eigenvalue weighted by molar-refractivity contribution is 0.604. The van der Waals surface area contributed by atoms with Gasteiger partial charge in [0.15, 0.2) is 0 Å². The van der Waals surface area contributed by atoms with Gasteiger partial charge in [0.2, 0.25) is 0 Å². The Kier molecular flexibility index (Phi) is 5.05. The van der Waals surface area contributed by atoms with Gasteiger partial charge in [-0.1, -0.05) is 61.8 Å². The predicted molar refractivity (Wildman–Crippen MR) is 92.7 cm³/mol. The number of hydrogen-bond acceptors (Lipinski definition) is 2. The van der Waals surface area contributed by atoms with Gasteiger partial charge in [-0.15, -0.1) is 11.3 Å². The second-order valence-electron chi connectivity index (χ2n) is 5.96. The Balaban J connectivity index is 2.39. The first kappa shape index (κ1) is 15.7. The SMILES string of the molecule is CCNC(c1ccc(C(C)(C)C)s1)c1ccccc1Br. The van der Waals surface area contributed by atoms with Crippen molar-refractivity contribution in [2.24, 2.45) is 0 Å². The first-order valence-corrected chi connectivity index (χ1v) is 8.62. The third kappa shape index (κ3) is 3.51. The predicted octanol–water partition coefficient (Wildman–Crippen LogP) is 5.51. The van der Waals surface area contributed by atoms with Crippen LogP contribution in [0.5, 0.6) is 0 Å². The molecule has 0 radical (unpaired) electrons. The number of nitrogens with one attached hydrogen (secondary N) is 1. The van der Waals surface area contributed by atoms with Crippen LogP contribution in [0.4, 0.5) is 0 Å². The molecular formula is C17H22BrNS. The van der Waals surface area contributed by atoms with Crippen molar-refractivity contribution >= 4 is 27.3 Å². The molecule has 20 heavy (non-hydrogen) atoms. The number of hydrogen-bond donors (Lipinski definition) is 1. The minimum absolute atomic E-state index is 0.216. The zero-order valence-corrected chi connectivity index (χ0v) is 14.9. The molecule has 3 heteroatoms. The number of halogens is 1. The van der Waals surface area contributed by atoms with Crippen LogP contribution in [0.3, 0.4) is 0 Å². The molecule has 0 saturated heterocycles. The summed E-state index contributed by atoms with van der Waals surface area (Å²) in [6, 6.07) is 13.2. The molecule has 108 valence electrons. The van der Waals surface area contributed by atoms with Gasteiger partial charge in [0, 0.05) is 14.2 Å². The molecular weight excluding hydrogens is 330 g/mol. The van der Waals surface area contributed by atoms with Crippen LogP contribution in [0.1, 0.15) is 49.1 Å². The van der Waals surface area contributed by atoms with Crippen LogP contribution in [-0.4, -0.2) is 6.54 Å². The molecule has 0 saturated carbocycles. The fourth-order valence-corrected chi connectivity index (χ4v) is 3.86. The molecule has 1 unspecified atom stereocenters. The lowest BCUT2D eigenvalue weighted by Crippen LogP contribution is -2.21. The minimum atomic E-state index is 0.216. The van der Waals surface area contributed by atoms with Crippen molar-refractivity contribution in [1.29, 1.82) is 0 Å². The van der Waals surface area contributed by atoms with Crippen molar-refractivity contribution in [1.82, 2.24) is 5.32 Å². The van der Waals surface area contributed by atoms with E-state index < -0.39 is 0 Å². The summed E-state index contributed by atoms with van der Waals surface area (Å²) in [5.41, 5.74) is 1.52. The highest BCUT2D eigenvalue weighted by Gasteiger charge is 2.21. The Morgan fingerprint density at radius 3 is 2.40 bits per heavy atom. The van der Waals surface area contributed by atoms with Gasteiger partial charge in [-0.25, -0.2) is 0 Å². The van der Waals surface area contributed by atoms with E-state index in [2.05, 4.69) is 85.3 Å². The van der Waals surface area contributed by atoms with Crippen LogP contribution < -0.4 is 5.32 Å². The summed E-state index contributed by atoms with van der Waals surface area (Å²) >= 11 is 5.58. The first-order chi connectivity index (χ1) is 9.43. The molecule has 0 amide bonds. The van der Waals surface area contributed by atoms with E-state index in [4.69, 9.17) is 0 Å². The van der Waals surface area contributed by atoms with Gasteiger partial charge in [0.25, 0.3) is 0 Å². The van der Waals surface area contributed by atoms with E-state index >= 15 is 0 Å². The fraction of sp³-hybridized carbons (Fsp3) is 0.412. The van der Waals surface area contributed by atoms with Crippen LogP contribution in [0.2, 0.25) is 0 Å². The molecule has 0 spiro atoms. The highest BCUT2D eigenvalue weighted by molar-refractivity contribution is 9.10. The molecule has 1 N–H and O–H groups in total. The van der Waals surface area contributed by atoms with Crippen LogP contribution in [0.15, 0.2) is 40.9 Å². The number of benzene rings is 1. The van der Waals surface area contributed by atoms with Gasteiger partial charge in [-0.2, -0.15) is 0 Å². The second kappa shape index (κ2) is 6.42. The van der Waals surface area contributed by atoms with Crippen LogP contribution in [-0.2, 0) is 5.41 Å². The summed E-state index contributed by atoms with van der Waals surface area (Å²) in [4.78, 5) is 2.81. The quantitative estimate of drug-likeness (QED) is 0.765. The maximum atomic E-state index is 3.68. The third-order valence-electron chi connectivity index (χ3n) is 3.27. The molecule has 0 aliphatic heterocycles. The normalized spacial score (nSPS) is 13.4. The lowest BCUT2D eigenvalue weighted by atomic mass is 9.95. The largest absolute Gasteiger partial charge is 0.306 e. The number of thiophene rings is 1. The molecule has 2 rings (SSSR count). The van der Waals surface area contributed by atoms with E-state index in [1.165, 1.54) is 15.3 Å². The van der Waals surface area contributed by atoms with Gasteiger partial charge in [0.1, 0.15) is 0 Å². The maximum Gasteiger partial charge on any atom is 0.0682 e. The van der Waals surface area contributed by atoms with Crippen molar-refractivity contribution in [2.75, 3.05) is 6.54 Å². The molecule has 1 aromatic carbocycles. The summed E-state index contributed by atoms with van der Waals surface area (Å²) in [6.07, 6.45) is 0. The minimum Gasteiger partial charge on any atom is -0.306 e. The van der Waals surface area contributed by atoms with Gasteiger partial charge >= 0.3 is 0 Å². The molecule has 1 aromatic heterocycles. The topological polar surface area (TPSA) is 12.0 Å². The van der Waals surface area contributed by atoms with Crippen LogP contribution in [0.25, 0.3) is 0 Å². The zero-order valence-electron chi connectivity index (χ0n) is 12.5. The van der Waals surface area contributed by atoms with Gasteiger partial charge in [0.05, 0.1) is 6.04 Å². The Morgan fingerprint density at radius 2 is 1.85 bits per heavy atom. The molecule has 1 heterocycles. The molecule has 1 atom stereocenters. The Labute approximate surface area is 134 Å². The molecule has 0 aliphatic rings. The zero-order chi connectivity index (χ0) is 14.8. The summed E-state index contributed by atoms with van der Waals surface area (Å²) in [6.45, 7) is 9.91. The van der Waals surface area contributed by atoms with Crippen molar-refractivity contribution in [2.45, 2.75) is 39.2 Å². The second-order valence-corrected chi connectivity index (χ2v) is 7.93. The smallest absolute Gasteiger partial charge is 0.0682 e. The summed E-state index contributed by atoms with van der Waals surface area (Å²) in [7, 11) is 0. The van der Waals surface area contributed by atoms with E-state index in [0.717, 1.165) is 11.0 Å². The third-order valence-corrected chi connectivity index (χ3v) is 5.57. The van der Waals surface area contributed by atoms with E-state index in [9.17, 15) is 0 Å². The molecule has 2 aromatic rings. The highest BCUT2D eigenvalue weighted by atomic mass is 79.9. The summed E-state index contributed by atoms with van der Waals surface area (Å²) < 4.78 is 1.16. The summed E-state index contributed by atoms with van der Waals surface area (Å²) in [5, 5.41) is 3.60. The van der Waals surface area contributed by atoms with Crippen molar-refractivity contribution in [3.8, 4) is 0 Å². The fourth-order valence-electron chi connectivity index (χ4n) is 2.19. The van der Waals surface area contributed by atoms with Gasteiger partial charge in [-0.3, -0.25) is 0 Å². The summed E-state index contributed by atoms with van der Waals surface area (Å²) in [5.74, 6) is 0. The average Bonchev–Trinajstić information content (AvgIpc) is 2.86. The molecule has 0 fully saturated rings. The molecule has 0 bridgehead atoms. The van der Waals surface area contributed by atoms with Gasteiger partial charge < -0.3 is 5.32 Å². The van der Waals surface area contributed by atoms with E-state index in [1.54, 1.807) is 0 Å². The number of rotatable bonds is 4. The Bertz CT molecular complexity index is 568. The molecule has 1 nitrogen and oxygen atoms in total. The van der Waals surface area contributed by atoms with E-state index in [-0.39, 0.29) is 11.5 Å². The highest BCUT2D eigenvalue weighted by Crippen LogP contribution is 2.36. The standard InChI is InChI=1S/C17H22BrNS/c1-5-19-16(12-8-6-7-9-13(12)18)14-10-11-15(20-14)17(2,3)4/h6-11,16,19H,5H2,1-4H3. The Hall–Kier alpha value is -0.640. The van der Waals surface area contributed by atoms with Crippen molar-refractivity contribution in [3.05, 3.63) is 56.2 Å². The van der Waals surface area contributed by atoms with Crippen molar-refractivity contribution < 1.29 is 0 Å². The van der Waals surface area contributed by atoms with E-state index in [1.807, 2.05) is 11.3 Å². The van der Waals surface area contributed by atoms with Crippen molar-refractivity contribution in [3.63, 3.8) is 0 Å². The first-order valence-electron chi connectivity index (χ1n) is 7.01. The molecule has 0 aliphatic carbocycles.